The number of carboxylic acids is 1. The van der Waals surface area contributed by atoms with E-state index in [0.29, 0.717) is 12.0 Å². The van der Waals surface area contributed by atoms with E-state index < -0.39 is 11.4 Å². The molecule has 0 saturated heterocycles. The zero-order valence-electron chi connectivity index (χ0n) is 9.52. The maximum absolute atomic E-state index is 11.1. The Balaban J connectivity index is 2.37. The first-order valence-corrected chi connectivity index (χ1v) is 5.96. The molecule has 0 amide bonds. The monoisotopic (exact) mass is 252 g/mol. The SMILES string of the molecule is CC(C)(Cc1ccc2sc(=O)oc2c1)C(=O)O. The summed E-state index contributed by atoms with van der Waals surface area (Å²) in [5.41, 5.74) is 0.550. The molecule has 5 heteroatoms. The second kappa shape index (κ2) is 4.00. The molecule has 0 fully saturated rings. The first-order valence-electron chi connectivity index (χ1n) is 5.14. The lowest BCUT2D eigenvalue weighted by Crippen LogP contribution is -2.26. The van der Waals surface area contributed by atoms with Crippen molar-refractivity contribution in [2.75, 3.05) is 0 Å². The second-order valence-electron chi connectivity index (χ2n) is 4.60. The van der Waals surface area contributed by atoms with Gasteiger partial charge in [-0.1, -0.05) is 17.4 Å². The molecule has 0 bridgehead atoms. The van der Waals surface area contributed by atoms with E-state index in [4.69, 9.17) is 9.52 Å². The van der Waals surface area contributed by atoms with Crippen LogP contribution in [0.15, 0.2) is 27.4 Å². The maximum Gasteiger partial charge on any atom is 0.396 e. The van der Waals surface area contributed by atoms with Gasteiger partial charge in [0, 0.05) is 0 Å². The van der Waals surface area contributed by atoms with E-state index in [2.05, 4.69) is 0 Å². The van der Waals surface area contributed by atoms with Gasteiger partial charge in [-0.15, -0.1) is 0 Å². The Bertz CT molecular complexity index is 621. The molecule has 1 N–H and O–H groups in total. The van der Waals surface area contributed by atoms with Gasteiger partial charge in [0.1, 0.15) is 5.58 Å². The summed E-state index contributed by atoms with van der Waals surface area (Å²) in [6, 6.07) is 5.36. The van der Waals surface area contributed by atoms with Crippen molar-refractivity contribution in [2.45, 2.75) is 20.3 Å². The lowest BCUT2D eigenvalue weighted by Gasteiger charge is -2.18. The molecular formula is C12H12O4S. The van der Waals surface area contributed by atoms with Crippen molar-refractivity contribution >= 4 is 27.6 Å². The molecule has 1 aromatic carbocycles. The molecule has 0 aliphatic rings. The molecule has 0 atom stereocenters. The Labute approximate surface area is 102 Å². The van der Waals surface area contributed by atoms with Crippen molar-refractivity contribution in [2.24, 2.45) is 5.41 Å². The third-order valence-corrected chi connectivity index (χ3v) is 3.43. The van der Waals surface area contributed by atoms with Crippen LogP contribution in [0.4, 0.5) is 0 Å². The lowest BCUT2D eigenvalue weighted by atomic mass is 9.86. The summed E-state index contributed by atoms with van der Waals surface area (Å²) in [5.74, 6) is -0.843. The van der Waals surface area contributed by atoms with Gasteiger partial charge in [-0.3, -0.25) is 4.79 Å². The second-order valence-corrected chi connectivity index (χ2v) is 5.58. The van der Waals surface area contributed by atoms with Gasteiger partial charge in [0.05, 0.1) is 10.1 Å². The molecule has 2 aromatic rings. The zero-order valence-corrected chi connectivity index (χ0v) is 10.3. The minimum absolute atomic E-state index is 0.338. The predicted octanol–water partition coefficient (Wildman–Crippen LogP) is 2.51. The normalized spacial score (nSPS) is 11.9. The standard InChI is InChI=1S/C12H12O4S/c1-12(2,10(13)14)6-7-3-4-9-8(5-7)16-11(15)17-9/h3-5H,6H2,1-2H3,(H,13,14). The van der Waals surface area contributed by atoms with E-state index in [1.165, 1.54) is 0 Å². The molecule has 0 spiro atoms. The number of rotatable bonds is 3. The Morgan fingerprint density at radius 1 is 1.47 bits per heavy atom. The topological polar surface area (TPSA) is 67.5 Å². The van der Waals surface area contributed by atoms with Gasteiger partial charge in [-0.05, 0) is 38.0 Å². The van der Waals surface area contributed by atoms with E-state index in [9.17, 15) is 9.59 Å². The van der Waals surface area contributed by atoms with E-state index in [1.54, 1.807) is 26.0 Å². The van der Waals surface area contributed by atoms with Crippen LogP contribution >= 0.6 is 11.3 Å². The summed E-state index contributed by atoms with van der Waals surface area (Å²) in [5, 5.41) is 9.05. The Kier molecular flexibility index (Phi) is 2.79. The third kappa shape index (κ3) is 2.39. The summed E-state index contributed by atoms with van der Waals surface area (Å²) >= 11 is 1.05. The summed E-state index contributed by atoms with van der Waals surface area (Å²) < 4.78 is 5.78. The molecule has 1 heterocycles. The largest absolute Gasteiger partial charge is 0.481 e. The molecule has 0 radical (unpaired) electrons. The van der Waals surface area contributed by atoms with Gasteiger partial charge < -0.3 is 9.52 Å². The van der Waals surface area contributed by atoms with Gasteiger partial charge >= 0.3 is 10.9 Å². The Hall–Kier alpha value is -1.62. The molecule has 2 rings (SSSR count). The molecular weight excluding hydrogens is 240 g/mol. The molecule has 0 aliphatic heterocycles. The average Bonchev–Trinajstić information content (AvgIpc) is 2.56. The predicted molar refractivity (Wildman–Crippen MR) is 65.5 cm³/mol. The minimum Gasteiger partial charge on any atom is -0.481 e. The molecule has 1 aromatic heterocycles. The van der Waals surface area contributed by atoms with E-state index >= 15 is 0 Å². The third-order valence-electron chi connectivity index (χ3n) is 2.62. The van der Waals surface area contributed by atoms with Gasteiger partial charge in [-0.2, -0.15) is 0 Å². The van der Waals surface area contributed by atoms with Crippen LogP contribution in [-0.4, -0.2) is 11.1 Å². The Morgan fingerprint density at radius 2 is 2.18 bits per heavy atom. The van der Waals surface area contributed by atoms with Gasteiger partial charge in [-0.25, -0.2) is 4.79 Å². The van der Waals surface area contributed by atoms with E-state index in [0.717, 1.165) is 21.6 Å². The van der Waals surface area contributed by atoms with Crippen LogP contribution < -0.4 is 4.94 Å². The number of fused-ring (bicyclic) bond motifs is 1. The van der Waals surface area contributed by atoms with Crippen molar-refractivity contribution in [1.29, 1.82) is 0 Å². The van der Waals surface area contributed by atoms with Crippen LogP contribution in [0.5, 0.6) is 0 Å². The molecule has 90 valence electrons. The number of hydrogen-bond donors (Lipinski definition) is 1. The molecule has 4 nitrogen and oxygen atoms in total. The fourth-order valence-corrected chi connectivity index (χ4v) is 2.26. The number of carbonyl (C=O) groups is 1. The summed E-state index contributed by atoms with van der Waals surface area (Å²) in [7, 11) is 0. The van der Waals surface area contributed by atoms with Gasteiger partial charge in [0.15, 0.2) is 0 Å². The zero-order chi connectivity index (χ0) is 12.6. The van der Waals surface area contributed by atoms with Crippen LogP contribution in [0, 0.1) is 5.41 Å². The van der Waals surface area contributed by atoms with Gasteiger partial charge in [0.25, 0.3) is 0 Å². The van der Waals surface area contributed by atoms with Crippen molar-refractivity contribution in [3.63, 3.8) is 0 Å². The smallest absolute Gasteiger partial charge is 0.396 e. The highest BCUT2D eigenvalue weighted by atomic mass is 32.1. The van der Waals surface area contributed by atoms with E-state index in [-0.39, 0.29) is 4.94 Å². The van der Waals surface area contributed by atoms with Gasteiger partial charge in [0.2, 0.25) is 0 Å². The van der Waals surface area contributed by atoms with Crippen molar-refractivity contribution in [1.82, 2.24) is 0 Å². The van der Waals surface area contributed by atoms with Crippen LogP contribution in [0.25, 0.3) is 10.3 Å². The molecule has 17 heavy (non-hydrogen) atoms. The first kappa shape index (κ1) is 11.9. The summed E-state index contributed by atoms with van der Waals surface area (Å²) in [4.78, 5) is 21.7. The van der Waals surface area contributed by atoms with Crippen molar-refractivity contribution in [3.05, 3.63) is 33.5 Å². The fraction of sp³-hybridized carbons (Fsp3) is 0.333. The minimum atomic E-state index is -0.843. The fourth-order valence-electron chi connectivity index (χ4n) is 1.61. The average molecular weight is 252 g/mol. The summed E-state index contributed by atoms with van der Waals surface area (Å²) in [6.45, 7) is 3.34. The number of aliphatic carboxylic acids is 1. The highest BCUT2D eigenvalue weighted by molar-refractivity contribution is 7.16. The van der Waals surface area contributed by atoms with Crippen molar-refractivity contribution in [3.8, 4) is 0 Å². The van der Waals surface area contributed by atoms with Crippen LogP contribution in [0.3, 0.4) is 0 Å². The molecule has 0 aliphatic carbocycles. The quantitative estimate of drug-likeness (QED) is 0.911. The molecule has 0 unspecified atom stereocenters. The highest BCUT2D eigenvalue weighted by Gasteiger charge is 2.27. The number of benzene rings is 1. The van der Waals surface area contributed by atoms with E-state index in [1.807, 2.05) is 6.07 Å². The maximum atomic E-state index is 11.1. The summed E-state index contributed by atoms with van der Waals surface area (Å²) in [6.07, 6.45) is 0.401. The highest BCUT2D eigenvalue weighted by Crippen LogP contribution is 2.25. The first-order chi connectivity index (χ1) is 7.88. The van der Waals surface area contributed by atoms with Crippen LogP contribution in [-0.2, 0) is 11.2 Å². The van der Waals surface area contributed by atoms with Crippen LogP contribution in [0.2, 0.25) is 0 Å². The number of hydrogen-bond acceptors (Lipinski definition) is 4. The van der Waals surface area contributed by atoms with Crippen molar-refractivity contribution < 1.29 is 14.3 Å². The molecule has 0 saturated carbocycles. The Morgan fingerprint density at radius 3 is 2.82 bits per heavy atom. The number of carboxylic acid groups (broad SMARTS) is 1. The van der Waals surface area contributed by atoms with Crippen LogP contribution in [0.1, 0.15) is 19.4 Å². The lowest BCUT2D eigenvalue weighted by molar-refractivity contribution is -0.146.